The monoisotopic (exact) mass is 648 g/mol. The maximum absolute atomic E-state index is 12.0. The predicted octanol–water partition coefficient (Wildman–Crippen LogP) is 4.63. The summed E-state index contributed by atoms with van der Waals surface area (Å²) in [5.74, 6) is 0. The summed E-state index contributed by atoms with van der Waals surface area (Å²) in [6, 6.07) is 37.6. The molecule has 3 nitrogen and oxygen atoms in total. The normalized spacial score (nSPS) is 12.4. The van der Waals surface area contributed by atoms with Crippen molar-refractivity contribution in [1.29, 1.82) is 0 Å². The minimum Gasteiger partial charge on any atom is -0.404 e. The molecule has 4 aromatic rings. The molecule has 0 bridgehead atoms. The van der Waals surface area contributed by atoms with Gasteiger partial charge in [-0.05, 0) is 20.7 Å². The van der Waals surface area contributed by atoms with E-state index in [1.54, 1.807) is 0 Å². The molecule has 38 heavy (non-hydrogen) atoms. The minimum absolute atomic E-state index is 0.182. The van der Waals surface area contributed by atoms with E-state index in [9.17, 15) is 9.59 Å². The van der Waals surface area contributed by atoms with Gasteiger partial charge in [-0.25, -0.2) is 0 Å². The Morgan fingerprint density at radius 3 is 0.816 bits per heavy atom. The summed E-state index contributed by atoms with van der Waals surface area (Å²) in [5, 5.41) is 2.79. The molecular formula is C32H40O3Si2Sn. The third kappa shape index (κ3) is 8.50. The van der Waals surface area contributed by atoms with E-state index in [1.165, 1.54) is 0 Å². The van der Waals surface area contributed by atoms with Crippen molar-refractivity contribution in [2.24, 2.45) is 0 Å². The SMILES string of the molecule is C[C](C)(C)[Sn][C](C)(C)C.O[Si](O[Si](O)(c1ccccc1)c1ccccc1)(c1ccccc1)c1ccccc1. The van der Waals surface area contributed by atoms with E-state index in [0.29, 0.717) is 27.6 Å². The molecule has 0 saturated carbocycles. The molecule has 0 aliphatic rings. The largest absolute Gasteiger partial charge is 0.404 e. The van der Waals surface area contributed by atoms with Gasteiger partial charge in [0.2, 0.25) is 0 Å². The van der Waals surface area contributed by atoms with E-state index >= 15 is 0 Å². The Hall–Kier alpha value is -2.01. The van der Waals surface area contributed by atoms with Gasteiger partial charge in [-0.15, -0.1) is 0 Å². The van der Waals surface area contributed by atoms with Gasteiger partial charge < -0.3 is 13.7 Å². The second-order valence-electron chi connectivity index (χ2n) is 11.5. The Labute approximate surface area is 241 Å². The van der Waals surface area contributed by atoms with Crippen LogP contribution >= 0.6 is 0 Å². The first-order chi connectivity index (χ1) is 17.8. The van der Waals surface area contributed by atoms with Crippen molar-refractivity contribution in [3.63, 3.8) is 0 Å². The van der Waals surface area contributed by atoms with Gasteiger partial charge in [-0.1, -0.05) is 121 Å². The fourth-order valence-corrected chi connectivity index (χ4v) is 17.8. The molecule has 198 valence electrons. The van der Waals surface area contributed by atoms with Crippen molar-refractivity contribution >= 4 is 59.0 Å². The van der Waals surface area contributed by atoms with Crippen LogP contribution < -0.4 is 20.7 Å². The van der Waals surface area contributed by atoms with Crippen LogP contribution in [0.1, 0.15) is 41.5 Å². The van der Waals surface area contributed by atoms with Crippen LogP contribution in [-0.2, 0) is 4.12 Å². The van der Waals surface area contributed by atoms with Crippen LogP contribution in [0, 0.1) is 0 Å². The first kappa shape index (κ1) is 30.5. The fraction of sp³-hybridized carbons (Fsp3) is 0.250. The van der Waals surface area contributed by atoms with Gasteiger partial charge in [-0.3, -0.25) is 0 Å². The molecule has 4 rings (SSSR count). The van der Waals surface area contributed by atoms with Gasteiger partial charge in [0, 0.05) is 0 Å². The molecule has 0 aliphatic carbocycles. The zero-order valence-electron chi connectivity index (χ0n) is 23.3. The average molecular weight is 648 g/mol. The third-order valence-corrected chi connectivity index (χ3v) is 16.8. The van der Waals surface area contributed by atoms with E-state index < -0.39 is 17.1 Å². The fourth-order valence-electron chi connectivity index (χ4n) is 4.56. The summed E-state index contributed by atoms with van der Waals surface area (Å²) in [7, 11) is -7.38. The smallest absolute Gasteiger partial charge is 0.396 e. The van der Waals surface area contributed by atoms with Crippen LogP contribution in [0.3, 0.4) is 0 Å². The Kier molecular flexibility index (Phi) is 10.4. The Bertz CT molecular complexity index is 1060. The van der Waals surface area contributed by atoms with Crippen molar-refractivity contribution in [2.75, 3.05) is 0 Å². The first-order valence-electron chi connectivity index (χ1n) is 13.0. The molecule has 0 fully saturated rings. The predicted molar refractivity (Wildman–Crippen MR) is 167 cm³/mol. The molecule has 6 heteroatoms. The first-order valence-corrected chi connectivity index (χ1v) is 19.6. The summed E-state index contributed by atoms with van der Waals surface area (Å²) >= 11 is -0.182. The summed E-state index contributed by atoms with van der Waals surface area (Å²) in [6.07, 6.45) is 0. The summed E-state index contributed by atoms with van der Waals surface area (Å²) in [4.78, 5) is 24.0. The molecule has 4 aromatic carbocycles. The van der Waals surface area contributed by atoms with Crippen LogP contribution in [0.5, 0.6) is 0 Å². The molecule has 0 aliphatic heterocycles. The summed E-state index contributed by atoms with van der Waals surface area (Å²) in [5.41, 5.74) is 0. The molecule has 0 aromatic heterocycles. The number of rotatable bonds is 6. The van der Waals surface area contributed by atoms with E-state index in [2.05, 4.69) is 41.5 Å². The third-order valence-electron chi connectivity index (χ3n) is 5.71. The molecule has 0 atom stereocenters. The molecule has 0 amide bonds. The van der Waals surface area contributed by atoms with Crippen molar-refractivity contribution in [2.45, 2.75) is 48.4 Å². The quantitative estimate of drug-likeness (QED) is 0.301. The number of benzene rings is 4. The van der Waals surface area contributed by atoms with E-state index in [4.69, 9.17) is 4.12 Å². The van der Waals surface area contributed by atoms with Gasteiger partial charge in [-0.2, -0.15) is 0 Å². The van der Waals surface area contributed by atoms with Gasteiger partial charge in [0.1, 0.15) is 0 Å². The topological polar surface area (TPSA) is 49.7 Å². The van der Waals surface area contributed by atoms with Crippen LogP contribution in [-0.4, -0.2) is 47.9 Å². The van der Waals surface area contributed by atoms with E-state index in [1.807, 2.05) is 121 Å². The summed E-state index contributed by atoms with van der Waals surface area (Å²) in [6.45, 7) is 14.2. The van der Waals surface area contributed by atoms with Crippen molar-refractivity contribution in [3.05, 3.63) is 121 Å². The molecular weight excluding hydrogens is 607 g/mol. The van der Waals surface area contributed by atoms with Gasteiger partial charge in [0.25, 0.3) is 0 Å². The van der Waals surface area contributed by atoms with Crippen molar-refractivity contribution in [1.82, 2.24) is 0 Å². The standard InChI is InChI=1S/C24H22O3Si2.2C4H9.Sn/c25-28(21-13-5-1-6-14-21,22-15-7-2-8-16-22)27-29(26,23-17-9-3-10-18-23)24-19-11-4-12-20-24;2*1-4(2)3;/h1-20,25-26H;2*1-3H3;. The molecule has 2 radical (unpaired) electrons. The van der Waals surface area contributed by atoms with Gasteiger partial charge in [0.15, 0.2) is 0 Å². The van der Waals surface area contributed by atoms with E-state index in [-0.39, 0.29) is 21.1 Å². The molecule has 0 unspecified atom stereocenters. The maximum atomic E-state index is 12.0. The second-order valence-corrected chi connectivity index (χ2v) is 26.5. The average Bonchev–Trinajstić information content (AvgIpc) is 2.89. The zero-order chi connectivity index (χ0) is 27.9. The minimum atomic E-state index is -3.69. The maximum Gasteiger partial charge on any atom is 0.396 e. The van der Waals surface area contributed by atoms with Crippen LogP contribution in [0.25, 0.3) is 0 Å². The Morgan fingerprint density at radius 2 is 0.658 bits per heavy atom. The molecule has 0 heterocycles. The molecule has 0 spiro atoms. The van der Waals surface area contributed by atoms with Crippen LogP contribution in [0.4, 0.5) is 0 Å². The van der Waals surface area contributed by atoms with Gasteiger partial charge in [0.05, 0.1) is 0 Å². The molecule has 2 N–H and O–H groups in total. The van der Waals surface area contributed by atoms with Crippen LogP contribution in [0.2, 0.25) is 6.86 Å². The molecule has 0 saturated heterocycles. The Morgan fingerprint density at radius 1 is 0.447 bits per heavy atom. The second kappa shape index (κ2) is 12.9. The number of hydrogen-bond acceptors (Lipinski definition) is 3. The van der Waals surface area contributed by atoms with Crippen LogP contribution in [0.15, 0.2) is 121 Å². The zero-order valence-corrected chi connectivity index (χ0v) is 28.2. The Balaban J connectivity index is 0.000000383. The van der Waals surface area contributed by atoms with E-state index in [0.717, 1.165) is 0 Å². The van der Waals surface area contributed by atoms with Crippen molar-refractivity contribution in [3.8, 4) is 0 Å². The van der Waals surface area contributed by atoms with Gasteiger partial charge >= 0.3 is 86.7 Å². The van der Waals surface area contributed by atoms with Crippen molar-refractivity contribution < 1.29 is 13.7 Å². The summed E-state index contributed by atoms with van der Waals surface area (Å²) < 4.78 is 7.87. The number of hydrogen-bond donors (Lipinski definition) is 2.